The van der Waals surface area contributed by atoms with Crippen molar-refractivity contribution in [1.29, 1.82) is 0 Å². The molecule has 148 valence electrons. The standard InChI is InChI=1S/C23H23N3O3/c1-18(27)26(16-23(28)25-15-19-11-13-24-14-12-19)21-7-9-22(10-8-21)29-17-20-5-3-2-4-6-20/h2-14H,15-17H2,1H3,(H,25,28). The molecule has 2 amide bonds. The van der Waals surface area contributed by atoms with Gasteiger partial charge in [0, 0.05) is 31.5 Å². The minimum atomic E-state index is -0.235. The second-order valence-electron chi connectivity index (χ2n) is 6.51. The van der Waals surface area contributed by atoms with Gasteiger partial charge in [0.1, 0.15) is 18.9 Å². The first-order chi connectivity index (χ1) is 14.1. The third kappa shape index (κ3) is 6.17. The number of hydrogen-bond acceptors (Lipinski definition) is 4. The van der Waals surface area contributed by atoms with Gasteiger partial charge >= 0.3 is 0 Å². The topological polar surface area (TPSA) is 71.5 Å². The second kappa shape index (κ2) is 10.0. The third-order valence-corrected chi connectivity index (χ3v) is 4.32. The molecule has 29 heavy (non-hydrogen) atoms. The molecule has 0 atom stereocenters. The average molecular weight is 389 g/mol. The lowest BCUT2D eigenvalue weighted by Crippen LogP contribution is -2.39. The maximum atomic E-state index is 12.3. The number of pyridine rings is 1. The van der Waals surface area contributed by atoms with Gasteiger partial charge in [-0.05, 0) is 47.5 Å². The molecule has 0 saturated heterocycles. The number of nitrogens with zero attached hydrogens (tertiary/aromatic N) is 2. The molecule has 0 radical (unpaired) electrons. The van der Waals surface area contributed by atoms with Crippen LogP contribution in [0.2, 0.25) is 0 Å². The number of hydrogen-bond donors (Lipinski definition) is 1. The van der Waals surface area contributed by atoms with Gasteiger partial charge in [0.15, 0.2) is 0 Å². The summed E-state index contributed by atoms with van der Waals surface area (Å²) >= 11 is 0. The average Bonchev–Trinajstić information content (AvgIpc) is 2.76. The van der Waals surface area contributed by atoms with Crippen LogP contribution in [-0.2, 0) is 22.7 Å². The zero-order chi connectivity index (χ0) is 20.5. The summed E-state index contributed by atoms with van der Waals surface area (Å²) in [5.41, 5.74) is 2.67. The molecule has 3 rings (SSSR count). The number of nitrogens with one attached hydrogen (secondary N) is 1. The zero-order valence-electron chi connectivity index (χ0n) is 16.2. The van der Waals surface area contributed by atoms with Crippen LogP contribution in [0.1, 0.15) is 18.1 Å². The Bertz CT molecular complexity index is 929. The first kappa shape index (κ1) is 20.1. The van der Waals surface area contributed by atoms with Crippen molar-refractivity contribution in [2.75, 3.05) is 11.4 Å². The number of anilines is 1. The summed E-state index contributed by atoms with van der Waals surface area (Å²) in [5.74, 6) is 0.256. The first-order valence-electron chi connectivity index (χ1n) is 9.32. The van der Waals surface area contributed by atoms with Crippen LogP contribution < -0.4 is 15.0 Å². The smallest absolute Gasteiger partial charge is 0.240 e. The Hall–Kier alpha value is -3.67. The van der Waals surface area contributed by atoms with Crippen LogP contribution in [0.5, 0.6) is 5.75 Å². The van der Waals surface area contributed by atoms with Crippen molar-refractivity contribution in [3.63, 3.8) is 0 Å². The highest BCUT2D eigenvalue weighted by molar-refractivity contribution is 5.97. The van der Waals surface area contributed by atoms with Crippen molar-refractivity contribution in [3.8, 4) is 5.75 Å². The molecule has 1 aromatic heterocycles. The Morgan fingerprint density at radius 3 is 2.28 bits per heavy atom. The van der Waals surface area contributed by atoms with E-state index in [1.165, 1.54) is 11.8 Å². The van der Waals surface area contributed by atoms with Crippen LogP contribution in [0, 0.1) is 0 Å². The van der Waals surface area contributed by atoms with Crippen molar-refractivity contribution in [2.24, 2.45) is 0 Å². The van der Waals surface area contributed by atoms with E-state index in [1.54, 1.807) is 36.7 Å². The van der Waals surface area contributed by atoms with E-state index in [2.05, 4.69) is 10.3 Å². The molecule has 0 bridgehead atoms. The molecule has 6 nitrogen and oxygen atoms in total. The molecular weight excluding hydrogens is 366 g/mol. The maximum Gasteiger partial charge on any atom is 0.240 e. The van der Waals surface area contributed by atoms with Gasteiger partial charge in [-0.25, -0.2) is 0 Å². The number of rotatable bonds is 8. The molecule has 0 aliphatic heterocycles. The van der Waals surface area contributed by atoms with Gasteiger partial charge in [-0.15, -0.1) is 0 Å². The lowest BCUT2D eigenvalue weighted by molar-refractivity contribution is -0.123. The van der Waals surface area contributed by atoms with E-state index in [9.17, 15) is 9.59 Å². The Labute approximate surface area is 170 Å². The fourth-order valence-electron chi connectivity index (χ4n) is 2.75. The highest BCUT2D eigenvalue weighted by atomic mass is 16.5. The minimum absolute atomic E-state index is 0.0510. The van der Waals surface area contributed by atoms with Gasteiger partial charge in [0.05, 0.1) is 0 Å². The number of carbonyl (C=O) groups excluding carboxylic acids is 2. The molecule has 0 aliphatic carbocycles. The highest BCUT2D eigenvalue weighted by Crippen LogP contribution is 2.20. The van der Waals surface area contributed by atoms with Crippen molar-refractivity contribution in [3.05, 3.63) is 90.3 Å². The molecule has 0 aliphatic rings. The van der Waals surface area contributed by atoms with Gasteiger partial charge < -0.3 is 15.0 Å². The van der Waals surface area contributed by atoms with Crippen molar-refractivity contribution in [2.45, 2.75) is 20.1 Å². The molecule has 1 N–H and O–H groups in total. The van der Waals surface area contributed by atoms with Crippen LogP contribution in [-0.4, -0.2) is 23.3 Å². The molecule has 6 heteroatoms. The van der Waals surface area contributed by atoms with E-state index in [1.807, 2.05) is 42.5 Å². The predicted molar refractivity (Wildman–Crippen MR) is 111 cm³/mol. The van der Waals surface area contributed by atoms with Crippen LogP contribution in [0.15, 0.2) is 79.1 Å². The van der Waals surface area contributed by atoms with Gasteiger partial charge in [-0.1, -0.05) is 30.3 Å². The van der Waals surface area contributed by atoms with E-state index in [4.69, 9.17) is 4.74 Å². The summed E-state index contributed by atoms with van der Waals surface area (Å²) in [5, 5.41) is 2.82. The summed E-state index contributed by atoms with van der Waals surface area (Å²) in [7, 11) is 0. The maximum absolute atomic E-state index is 12.3. The minimum Gasteiger partial charge on any atom is -0.489 e. The summed E-state index contributed by atoms with van der Waals surface area (Å²) in [6.07, 6.45) is 3.34. The number of ether oxygens (including phenoxy) is 1. The summed E-state index contributed by atoms with van der Waals surface area (Å²) < 4.78 is 5.77. The fraction of sp³-hybridized carbons (Fsp3) is 0.174. The monoisotopic (exact) mass is 389 g/mol. The normalized spacial score (nSPS) is 10.2. The second-order valence-corrected chi connectivity index (χ2v) is 6.51. The molecular formula is C23H23N3O3. The van der Waals surface area contributed by atoms with E-state index in [0.717, 1.165) is 11.1 Å². The van der Waals surface area contributed by atoms with E-state index < -0.39 is 0 Å². The molecule has 1 heterocycles. The molecule has 3 aromatic rings. The number of amides is 2. The summed E-state index contributed by atoms with van der Waals surface area (Å²) in [4.78, 5) is 29.7. The Morgan fingerprint density at radius 1 is 0.931 bits per heavy atom. The first-order valence-corrected chi connectivity index (χ1v) is 9.32. The largest absolute Gasteiger partial charge is 0.489 e. The van der Waals surface area contributed by atoms with Crippen LogP contribution >= 0.6 is 0 Å². The van der Waals surface area contributed by atoms with Gasteiger partial charge in [0.25, 0.3) is 0 Å². The zero-order valence-corrected chi connectivity index (χ0v) is 16.2. The van der Waals surface area contributed by atoms with Crippen LogP contribution in [0.3, 0.4) is 0 Å². The Morgan fingerprint density at radius 2 is 1.62 bits per heavy atom. The lowest BCUT2D eigenvalue weighted by Gasteiger charge is -2.21. The van der Waals surface area contributed by atoms with Crippen molar-refractivity contribution >= 4 is 17.5 Å². The number of aromatic nitrogens is 1. The quantitative estimate of drug-likeness (QED) is 0.641. The molecule has 0 fully saturated rings. The Kier molecular flexibility index (Phi) is 6.95. The molecule has 0 saturated carbocycles. The van der Waals surface area contributed by atoms with E-state index in [0.29, 0.717) is 24.6 Å². The number of benzene rings is 2. The SMILES string of the molecule is CC(=O)N(CC(=O)NCc1ccncc1)c1ccc(OCc2ccccc2)cc1. The summed E-state index contributed by atoms with van der Waals surface area (Å²) in [6.45, 7) is 2.24. The third-order valence-electron chi connectivity index (χ3n) is 4.32. The predicted octanol–water partition coefficient (Wildman–Crippen LogP) is 3.33. The highest BCUT2D eigenvalue weighted by Gasteiger charge is 2.15. The molecule has 0 spiro atoms. The van der Waals surface area contributed by atoms with Crippen molar-refractivity contribution < 1.29 is 14.3 Å². The molecule has 0 unspecified atom stereocenters. The van der Waals surface area contributed by atoms with Crippen molar-refractivity contribution in [1.82, 2.24) is 10.3 Å². The van der Waals surface area contributed by atoms with Gasteiger partial charge in [-0.2, -0.15) is 0 Å². The molecule has 2 aromatic carbocycles. The fourth-order valence-corrected chi connectivity index (χ4v) is 2.75. The van der Waals surface area contributed by atoms with Crippen LogP contribution in [0.4, 0.5) is 5.69 Å². The van der Waals surface area contributed by atoms with E-state index >= 15 is 0 Å². The van der Waals surface area contributed by atoms with Gasteiger partial charge in [-0.3, -0.25) is 14.6 Å². The van der Waals surface area contributed by atoms with Crippen LogP contribution in [0.25, 0.3) is 0 Å². The number of carbonyl (C=O) groups is 2. The summed E-state index contributed by atoms with van der Waals surface area (Å²) in [6, 6.07) is 20.7. The lowest BCUT2D eigenvalue weighted by atomic mass is 10.2. The van der Waals surface area contributed by atoms with Gasteiger partial charge in [0.2, 0.25) is 11.8 Å². The Balaban J connectivity index is 1.56. The van der Waals surface area contributed by atoms with E-state index in [-0.39, 0.29) is 18.4 Å².